The van der Waals surface area contributed by atoms with Crippen molar-refractivity contribution in [3.05, 3.63) is 166 Å². The highest BCUT2D eigenvalue weighted by Gasteiger charge is 2.42. The van der Waals surface area contributed by atoms with Crippen LogP contribution in [0.15, 0.2) is 127 Å². The summed E-state index contributed by atoms with van der Waals surface area (Å²) >= 11 is 0. The Labute approximate surface area is 274 Å². The zero-order valence-electron chi connectivity index (χ0n) is 26.9. The lowest BCUT2D eigenvalue weighted by Gasteiger charge is -2.42. The molecule has 9 rings (SSSR count). The van der Waals surface area contributed by atoms with Gasteiger partial charge in [0.25, 0.3) is 0 Å². The zero-order valence-corrected chi connectivity index (χ0v) is 26.9. The summed E-state index contributed by atoms with van der Waals surface area (Å²) in [4.78, 5) is 29.5. The molecule has 1 aliphatic heterocycles. The van der Waals surface area contributed by atoms with E-state index in [1.807, 2.05) is 42.5 Å². The maximum Gasteiger partial charge on any atom is 0.197 e. The number of allylic oxidation sites excluding steroid dienone is 1. The average Bonchev–Trinajstić information content (AvgIpc) is 3.44. The number of ketones is 2. The molecule has 0 unspecified atom stereocenters. The second kappa shape index (κ2) is 9.49. The Morgan fingerprint density at radius 2 is 1.09 bits per heavy atom. The minimum absolute atomic E-state index is 0.200. The third-order valence-corrected chi connectivity index (χ3v) is 10.7. The first-order chi connectivity index (χ1) is 22.6. The van der Waals surface area contributed by atoms with Crippen LogP contribution in [0.1, 0.15) is 76.2 Å². The molecule has 0 fully saturated rings. The lowest BCUT2D eigenvalue weighted by atomic mass is 9.72. The second-order valence-electron chi connectivity index (χ2n) is 14.1. The van der Waals surface area contributed by atoms with E-state index in [9.17, 15) is 9.59 Å². The van der Waals surface area contributed by atoms with Gasteiger partial charge in [-0.05, 0) is 98.3 Å². The van der Waals surface area contributed by atoms with Crippen LogP contribution in [0.3, 0.4) is 0 Å². The maximum atomic E-state index is 13.6. The molecule has 3 heteroatoms. The van der Waals surface area contributed by atoms with Gasteiger partial charge >= 0.3 is 0 Å². The van der Waals surface area contributed by atoms with E-state index in [0.717, 1.165) is 22.0 Å². The van der Waals surface area contributed by atoms with E-state index in [2.05, 4.69) is 111 Å². The van der Waals surface area contributed by atoms with E-state index in [4.69, 9.17) is 0 Å². The van der Waals surface area contributed by atoms with Crippen LogP contribution in [0.25, 0.3) is 28.0 Å². The number of benzene rings is 6. The molecule has 0 aromatic heterocycles. The monoisotopic (exact) mass is 607 g/mol. The van der Waals surface area contributed by atoms with Crippen LogP contribution < -0.4 is 4.90 Å². The molecule has 2 aliphatic carbocycles. The predicted molar refractivity (Wildman–Crippen MR) is 191 cm³/mol. The van der Waals surface area contributed by atoms with Crippen molar-refractivity contribution in [3.8, 4) is 11.1 Å². The van der Waals surface area contributed by atoms with Crippen LogP contribution in [-0.4, -0.2) is 11.6 Å². The van der Waals surface area contributed by atoms with E-state index in [1.54, 1.807) is 6.08 Å². The molecule has 0 spiro atoms. The minimum atomic E-state index is -0.290. The van der Waals surface area contributed by atoms with E-state index in [0.29, 0.717) is 11.1 Å². The van der Waals surface area contributed by atoms with Gasteiger partial charge in [0, 0.05) is 27.6 Å². The summed E-state index contributed by atoms with van der Waals surface area (Å²) in [5.74, 6) is -0.399. The van der Waals surface area contributed by atoms with Gasteiger partial charge < -0.3 is 4.90 Å². The van der Waals surface area contributed by atoms with Crippen molar-refractivity contribution in [1.82, 2.24) is 0 Å². The summed E-state index contributed by atoms with van der Waals surface area (Å²) in [6, 6.07) is 42.1. The molecule has 1 heterocycles. The summed E-state index contributed by atoms with van der Waals surface area (Å²) < 4.78 is 0. The standard InChI is InChI=1S/C44H33NO2/c1-43(2)35-16-10-11-17-39(35)45(29-14-6-5-7-15-29)40-25-37-31(24-38(40)43)30-19-18-26(21-36(30)44(37,3)4)20-34-41(46)32-22-27-12-8-9-13-28(27)23-33(32)42(34)47/h5-25H,1-4H3. The molecular weight excluding hydrogens is 574 g/mol. The molecule has 6 aromatic rings. The highest BCUT2D eigenvalue weighted by Crippen LogP contribution is 2.57. The summed E-state index contributed by atoms with van der Waals surface area (Å²) in [5, 5.41) is 1.93. The molecule has 226 valence electrons. The number of rotatable bonds is 2. The normalized spacial score (nSPS) is 16.4. The van der Waals surface area contributed by atoms with Gasteiger partial charge in [-0.1, -0.05) is 107 Å². The topological polar surface area (TPSA) is 37.4 Å². The Hall–Kier alpha value is -5.54. The van der Waals surface area contributed by atoms with E-state index in [1.165, 1.54) is 44.8 Å². The first kappa shape index (κ1) is 27.7. The summed E-state index contributed by atoms with van der Waals surface area (Å²) in [7, 11) is 0. The molecule has 0 atom stereocenters. The smallest absolute Gasteiger partial charge is 0.197 e. The van der Waals surface area contributed by atoms with Crippen LogP contribution in [0.5, 0.6) is 0 Å². The molecule has 0 bridgehead atoms. The quantitative estimate of drug-likeness (QED) is 0.145. The van der Waals surface area contributed by atoms with Crippen molar-refractivity contribution in [1.29, 1.82) is 0 Å². The van der Waals surface area contributed by atoms with Crippen LogP contribution in [0.2, 0.25) is 0 Å². The van der Waals surface area contributed by atoms with E-state index in [-0.39, 0.29) is 28.0 Å². The van der Waals surface area contributed by atoms with Crippen LogP contribution in [0.4, 0.5) is 17.1 Å². The van der Waals surface area contributed by atoms with Crippen molar-refractivity contribution in [2.45, 2.75) is 38.5 Å². The zero-order chi connectivity index (χ0) is 32.2. The van der Waals surface area contributed by atoms with E-state index < -0.39 is 0 Å². The van der Waals surface area contributed by atoms with Gasteiger partial charge in [0.05, 0.1) is 16.9 Å². The predicted octanol–water partition coefficient (Wildman–Crippen LogP) is 10.7. The largest absolute Gasteiger partial charge is 0.310 e. The lowest BCUT2D eigenvalue weighted by Crippen LogP contribution is -2.31. The van der Waals surface area contributed by atoms with Crippen molar-refractivity contribution in [2.75, 3.05) is 4.90 Å². The highest BCUT2D eigenvalue weighted by molar-refractivity contribution is 6.42. The minimum Gasteiger partial charge on any atom is -0.310 e. The van der Waals surface area contributed by atoms with Gasteiger partial charge in [0.1, 0.15) is 0 Å². The number of hydrogen-bond acceptors (Lipinski definition) is 3. The van der Waals surface area contributed by atoms with Crippen molar-refractivity contribution in [2.24, 2.45) is 0 Å². The lowest BCUT2D eigenvalue weighted by molar-refractivity contribution is 0.0990. The van der Waals surface area contributed by atoms with Gasteiger partial charge in [-0.2, -0.15) is 0 Å². The van der Waals surface area contributed by atoms with Gasteiger partial charge in [-0.15, -0.1) is 0 Å². The van der Waals surface area contributed by atoms with Crippen LogP contribution in [0, 0.1) is 0 Å². The molecule has 0 saturated carbocycles. The molecule has 3 nitrogen and oxygen atoms in total. The van der Waals surface area contributed by atoms with Crippen LogP contribution >= 0.6 is 0 Å². The van der Waals surface area contributed by atoms with Crippen molar-refractivity contribution >= 4 is 45.5 Å². The number of carbonyl (C=O) groups is 2. The SMILES string of the molecule is CC1(C)c2cc(C=C3C(=O)c4cc5ccccc5cc4C3=O)ccc2-c2cc3c(cc21)N(c1ccccc1)c1ccccc1C3(C)C. The first-order valence-corrected chi connectivity index (χ1v) is 16.3. The molecule has 0 radical (unpaired) electrons. The molecule has 6 aromatic carbocycles. The Morgan fingerprint density at radius 1 is 0.489 bits per heavy atom. The maximum absolute atomic E-state index is 13.6. The molecule has 3 aliphatic rings. The number of carbonyl (C=O) groups excluding carboxylic acids is 2. The van der Waals surface area contributed by atoms with Crippen molar-refractivity contribution in [3.63, 3.8) is 0 Å². The number of para-hydroxylation sites is 2. The molecule has 0 amide bonds. The molecule has 0 saturated heterocycles. The number of hydrogen-bond donors (Lipinski definition) is 0. The van der Waals surface area contributed by atoms with Gasteiger partial charge in [-0.3, -0.25) is 9.59 Å². The average molecular weight is 608 g/mol. The third-order valence-electron chi connectivity index (χ3n) is 10.7. The number of Topliss-reactive ketones (excluding diaryl/α,β-unsaturated/α-hetero) is 2. The molecule has 47 heavy (non-hydrogen) atoms. The Kier molecular flexibility index (Phi) is 5.60. The second-order valence-corrected chi connectivity index (χ2v) is 14.1. The molecule has 0 N–H and O–H groups in total. The Morgan fingerprint density at radius 3 is 1.79 bits per heavy atom. The summed E-state index contributed by atoms with van der Waals surface area (Å²) in [6.07, 6.45) is 1.79. The van der Waals surface area contributed by atoms with E-state index >= 15 is 0 Å². The number of fused-ring (bicyclic) bond motifs is 7. The molecular formula is C44H33NO2. The fourth-order valence-electron chi connectivity index (χ4n) is 8.20. The Balaban J connectivity index is 1.17. The summed E-state index contributed by atoms with van der Waals surface area (Å²) in [5.41, 5.74) is 12.7. The number of nitrogens with zero attached hydrogens (tertiary/aromatic N) is 1. The van der Waals surface area contributed by atoms with Crippen LogP contribution in [-0.2, 0) is 10.8 Å². The highest BCUT2D eigenvalue weighted by atomic mass is 16.2. The third kappa shape index (κ3) is 3.80. The van der Waals surface area contributed by atoms with Gasteiger partial charge in [0.15, 0.2) is 11.6 Å². The fourth-order valence-corrected chi connectivity index (χ4v) is 8.20. The van der Waals surface area contributed by atoms with Gasteiger partial charge in [-0.25, -0.2) is 0 Å². The fraction of sp³-hybridized carbons (Fsp3) is 0.136. The summed E-state index contributed by atoms with van der Waals surface area (Å²) in [6.45, 7) is 9.21. The van der Waals surface area contributed by atoms with Crippen molar-refractivity contribution < 1.29 is 9.59 Å². The Bertz CT molecular complexity index is 2340. The number of anilines is 3. The first-order valence-electron chi connectivity index (χ1n) is 16.3. The van der Waals surface area contributed by atoms with Gasteiger partial charge in [0.2, 0.25) is 0 Å².